The molecule has 2 amide bonds. The molecule has 0 N–H and O–H groups in total. The van der Waals surface area contributed by atoms with Crippen LogP contribution in [0.3, 0.4) is 0 Å². The summed E-state index contributed by atoms with van der Waals surface area (Å²) in [6.07, 6.45) is 5.69. The van der Waals surface area contributed by atoms with E-state index in [-0.39, 0.29) is 23.5 Å². The maximum Gasteiger partial charge on any atom is 0.255 e. The van der Waals surface area contributed by atoms with Crippen molar-refractivity contribution in [1.29, 1.82) is 0 Å². The van der Waals surface area contributed by atoms with E-state index < -0.39 is 5.41 Å². The smallest absolute Gasteiger partial charge is 0.255 e. The van der Waals surface area contributed by atoms with Crippen LogP contribution in [0, 0.1) is 5.82 Å². The molecule has 3 heterocycles. The molecule has 2 aromatic rings. The second kappa shape index (κ2) is 8.77. The minimum absolute atomic E-state index is 0.0460. The van der Waals surface area contributed by atoms with Crippen LogP contribution >= 0.6 is 0 Å². The second-order valence-electron chi connectivity index (χ2n) is 9.19. The lowest BCUT2D eigenvalue weighted by Crippen LogP contribution is -2.47. The number of carbonyl (C=O) groups is 2. The monoisotopic (exact) mass is 423 g/mol. The molecular weight excluding hydrogens is 393 g/mol. The highest BCUT2D eigenvalue weighted by Crippen LogP contribution is 2.31. The average Bonchev–Trinajstić information content (AvgIpc) is 3.33. The molecule has 164 valence electrons. The maximum atomic E-state index is 13.3. The third kappa shape index (κ3) is 4.48. The Balaban J connectivity index is 1.45. The van der Waals surface area contributed by atoms with Crippen molar-refractivity contribution in [2.24, 2.45) is 0 Å². The fraction of sp³-hybridized carbons (Fsp3) is 0.480. The third-order valence-electron chi connectivity index (χ3n) is 6.65. The van der Waals surface area contributed by atoms with Gasteiger partial charge in [0, 0.05) is 44.0 Å². The average molecular weight is 424 g/mol. The summed E-state index contributed by atoms with van der Waals surface area (Å²) < 4.78 is 13.3. The third-order valence-corrected chi connectivity index (χ3v) is 6.65. The number of hydrogen-bond acceptors (Lipinski definition) is 3. The molecule has 2 aliphatic heterocycles. The summed E-state index contributed by atoms with van der Waals surface area (Å²) in [4.78, 5) is 34.3. The highest BCUT2D eigenvalue weighted by atomic mass is 19.1. The molecule has 5 nitrogen and oxygen atoms in total. The van der Waals surface area contributed by atoms with Gasteiger partial charge in [-0.2, -0.15) is 0 Å². The predicted molar refractivity (Wildman–Crippen MR) is 117 cm³/mol. The van der Waals surface area contributed by atoms with Gasteiger partial charge in [0.2, 0.25) is 5.91 Å². The van der Waals surface area contributed by atoms with E-state index in [4.69, 9.17) is 0 Å². The van der Waals surface area contributed by atoms with Crippen molar-refractivity contribution in [3.05, 3.63) is 65.2 Å². The van der Waals surface area contributed by atoms with E-state index in [0.29, 0.717) is 18.7 Å². The molecular formula is C25H30FN3O2. The van der Waals surface area contributed by atoms with Crippen LogP contribution in [0.25, 0.3) is 0 Å². The van der Waals surface area contributed by atoms with Gasteiger partial charge in [-0.25, -0.2) is 4.39 Å². The van der Waals surface area contributed by atoms with Crippen LogP contribution in [0.1, 0.15) is 67.1 Å². The van der Waals surface area contributed by atoms with Crippen molar-refractivity contribution in [2.75, 3.05) is 26.2 Å². The van der Waals surface area contributed by atoms with Crippen LogP contribution < -0.4 is 0 Å². The zero-order valence-electron chi connectivity index (χ0n) is 18.3. The van der Waals surface area contributed by atoms with Crippen LogP contribution in [-0.2, 0) is 10.2 Å². The number of hydrogen-bond donors (Lipinski definition) is 0. The minimum atomic E-state index is -0.727. The van der Waals surface area contributed by atoms with Crippen LogP contribution in [0.5, 0.6) is 0 Å². The molecule has 0 saturated carbocycles. The standard InChI is InChI=1S/C25H30FN3O2/c1-25(2,20-8-10-21(26)11-9-20)24(31)29-15-5-6-19(17-29)22-12-7-18(16-27-22)23(30)28-13-3-4-14-28/h7-12,16,19H,3-6,13-15,17H2,1-2H3/t19-/m0/s1. The van der Waals surface area contributed by atoms with Crippen LogP contribution in [0.2, 0.25) is 0 Å². The van der Waals surface area contributed by atoms with Gasteiger partial charge in [0.25, 0.3) is 5.91 Å². The fourth-order valence-electron chi connectivity index (χ4n) is 4.66. The summed E-state index contributed by atoms with van der Waals surface area (Å²) in [5.41, 5.74) is 1.64. The van der Waals surface area contributed by atoms with Crippen molar-refractivity contribution in [3.63, 3.8) is 0 Å². The molecule has 2 fully saturated rings. The van der Waals surface area contributed by atoms with Crippen molar-refractivity contribution in [1.82, 2.24) is 14.8 Å². The highest BCUT2D eigenvalue weighted by molar-refractivity contribution is 5.94. The zero-order valence-corrected chi connectivity index (χ0v) is 18.3. The van der Waals surface area contributed by atoms with Gasteiger partial charge in [0.05, 0.1) is 11.0 Å². The molecule has 6 heteroatoms. The number of amides is 2. The molecule has 1 aromatic heterocycles. The Bertz CT molecular complexity index is 934. The fourth-order valence-corrected chi connectivity index (χ4v) is 4.66. The Labute approximate surface area is 183 Å². The Morgan fingerprint density at radius 2 is 1.65 bits per heavy atom. The van der Waals surface area contributed by atoms with E-state index in [2.05, 4.69) is 4.98 Å². The maximum absolute atomic E-state index is 13.3. The van der Waals surface area contributed by atoms with E-state index in [0.717, 1.165) is 50.0 Å². The van der Waals surface area contributed by atoms with Gasteiger partial charge in [0.1, 0.15) is 5.82 Å². The van der Waals surface area contributed by atoms with Gasteiger partial charge in [-0.3, -0.25) is 14.6 Å². The first kappa shape index (κ1) is 21.5. The summed E-state index contributed by atoms with van der Waals surface area (Å²) >= 11 is 0. The van der Waals surface area contributed by atoms with E-state index >= 15 is 0 Å². The van der Waals surface area contributed by atoms with E-state index in [1.165, 1.54) is 12.1 Å². The van der Waals surface area contributed by atoms with E-state index in [1.54, 1.807) is 18.3 Å². The number of benzene rings is 1. The molecule has 0 spiro atoms. The number of pyridine rings is 1. The lowest BCUT2D eigenvalue weighted by molar-refractivity contribution is -0.137. The Morgan fingerprint density at radius 1 is 0.968 bits per heavy atom. The van der Waals surface area contributed by atoms with Crippen molar-refractivity contribution >= 4 is 11.8 Å². The first-order chi connectivity index (χ1) is 14.9. The van der Waals surface area contributed by atoms with Gasteiger partial charge < -0.3 is 9.80 Å². The highest BCUT2D eigenvalue weighted by Gasteiger charge is 2.36. The molecule has 4 rings (SSSR count). The lowest BCUT2D eigenvalue weighted by atomic mass is 9.82. The van der Waals surface area contributed by atoms with Crippen molar-refractivity contribution < 1.29 is 14.0 Å². The second-order valence-corrected chi connectivity index (χ2v) is 9.19. The predicted octanol–water partition coefficient (Wildman–Crippen LogP) is 4.14. The minimum Gasteiger partial charge on any atom is -0.341 e. The topological polar surface area (TPSA) is 53.5 Å². The zero-order chi connectivity index (χ0) is 22.0. The van der Waals surface area contributed by atoms with Crippen LogP contribution in [0.4, 0.5) is 4.39 Å². The molecule has 2 aliphatic rings. The largest absolute Gasteiger partial charge is 0.341 e. The first-order valence-electron chi connectivity index (χ1n) is 11.2. The van der Waals surface area contributed by atoms with E-state index in [1.807, 2.05) is 35.8 Å². The van der Waals surface area contributed by atoms with Gasteiger partial charge in [0.15, 0.2) is 0 Å². The summed E-state index contributed by atoms with van der Waals surface area (Å²) in [5, 5.41) is 0. The van der Waals surface area contributed by atoms with Crippen molar-refractivity contribution in [2.45, 2.75) is 50.9 Å². The molecule has 0 aliphatic carbocycles. The number of carbonyl (C=O) groups excluding carboxylic acids is 2. The van der Waals surface area contributed by atoms with Crippen molar-refractivity contribution in [3.8, 4) is 0 Å². The van der Waals surface area contributed by atoms with Gasteiger partial charge >= 0.3 is 0 Å². The number of piperidine rings is 1. The first-order valence-corrected chi connectivity index (χ1v) is 11.2. The van der Waals surface area contributed by atoms with Crippen LogP contribution in [0.15, 0.2) is 42.6 Å². The molecule has 0 unspecified atom stereocenters. The number of aromatic nitrogens is 1. The Hall–Kier alpha value is -2.76. The number of nitrogens with zero attached hydrogens (tertiary/aromatic N) is 3. The summed E-state index contributed by atoms with van der Waals surface area (Å²) in [5.74, 6) is -0.0527. The molecule has 2 saturated heterocycles. The molecule has 0 radical (unpaired) electrons. The van der Waals surface area contributed by atoms with Gasteiger partial charge in [-0.15, -0.1) is 0 Å². The van der Waals surface area contributed by atoms with Gasteiger partial charge in [-0.05, 0) is 69.4 Å². The molecule has 1 atom stereocenters. The van der Waals surface area contributed by atoms with Crippen LogP contribution in [-0.4, -0.2) is 52.8 Å². The molecule has 1 aromatic carbocycles. The Morgan fingerprint density at radius 3 is 2.29 bits per heavy atom. The lowest BCUT2D eigenvalue weighted by Gasteiger charge is -2.37. The summed E-state index contributed by atoms with van der Waals surface area (Å²) in [7, 11) is 0. The van der Waals surface area contributed by atoms with E-state index in [9.17, 15) is 14.0 Å². The Kier molecular flexibility index (Phi) is 6.08. The normalized spacial score (nSPS) is 19.5. The summed E-state index contributed by atoms with van der Waals surface area (Å²) in [6, 6.07) is 9.98. The quantitative estimate of drug-likeness (QED) is 0.743. The summed E-state index contributed by atoms with van der Waals surface area (Å²) in [6.45, 7) is 6.75. The molecule has 0 bridgehead atoms. The number of halogens is 1. The number of likely N-dealkylation sites (tertiary alicyclic amines) is 2. The van der Waals surface area contributed by atoms with Gasteiger partial charge in [-0.1, -0.05) is 12.1 Å². The molecule has 31 heavy (non-hydrogen) atoms. The SMILES string of the molecule is CC(C)(C(=O)N1CCC[C@H](c2ccc(C(=O)N3CCCC3)cn2)C1)c1ccc(F)cc1. The number of rotatable bonds is 4.